The van der Waals surface area contributed by atoms with Gasteiger partial charge in [-0.25, -0.2) is 0 Å². The number of halogens is 1. The highest BCUT2D eigenvalue weighted by molar-refractivity contribution is 9.10. The summed E-state index contributed by atoms with van der Waals surface area (Å²) in [7, 11) is 0. The van der Waals surface area contributed by atoms with E-state index in [-0.39, 0.29) is 6.04 Å². The normalized spacial score (nSPS) is 12.6. The molecule has 0 saturated heterocycles. The maximum Gasteiger partial charge on any atom is 0.0471 e. The molecule has 20 heavy (non-hydrogen) atoms. The van der Waals surface area contributed by atoms with E-state index in [1.54, 1.807) is 0 Å². The minimum absolute atomic E-state index is 0.250. The summed E-state index contributed by atoms with van der Waals surface area (Å²) in [4.78, 5) is 0. The second-order valence-corrected chi connectivity index (χ2v) is 6.51. The molecule has 3 N–H and O–H groups in total. The molecule has 1 atom stereocenters. The Labute approximate surface area is 132 Å². The fraction of sp³-hybridized carbons (Fsp3) is 0.647. The van der Waals surface area contributed by atoms with Gasteiger partial charge in [0.2, 0.25) is 0 Å². The van der Waals surface area contributed by atoms with Crippen molar-refractivity contribution in [2.45, 2.75) is 71.3 Å². The van der Waals surface area contributed by atoms with Gasteiger partial charge in [-0.3, -0.25) is 11.3 Å². The Hall–Kier alpha value is -0.380. The molecule has 0 aliphatic rings. The molecule has 1 aromatic carbocycles. The minimum Gasteiger partial charge on any atom is -0.271 e. The maximum absolute atomic E-state index is 5.73. The number of nitrogens with one attached hydrogen (secondary N) is 1. The molecule has 3 heteroatoms. The van der Waals surface area contributed by atoms with Gasteiger partial charge in [-0.05, 0) is 25.0 Å². The van der Waals surface area contributed by atoms with Crippen molar-refractivity contribution in [1.82, 2.24) is 5.43 Å². The molecule has 1 rings (SSSR count). The van der Waals surface area contributed by atoms with E-state index >= 15 is 0 Å². The molecule has 0 aliphatic heterocycles. The zero-order valence-corrected chi connectivity index (χ0v) is 14.5. The lowest BCUT2D eigenvalue weighted by atomic mass is 9.98. The number of aryl methyl sites for hydroxylation is 1. The van der Waals surface area contributed by atoms with Crippen molar-refractivity contribution in [3.05, 3.63) is 33.8 Å². The number of nitrogens with two attached hydrogens (primary N) is 1. The summed E-state index contributed by atoms with van der Waals surface area (Å²) in [6.45, 7) is 4.38. The quantitative estimate of drug-likeness (QED) is 0.340. The van der Waals surface area contributed by atoms with Gasteiger partial charge in [-0.15, -0.1) is 0 Å². The lowest BCUT2D eigenvalue weighted by molar-refractivity contribution is 0.474. The Morgan fingerprint density at radius 2 is 1.75 bits per heavy atom. The van der Waals surface area contributed by atoms with Crippen molar-refractivity contribution in [2.24, 2.45) is 5.84 Å². The van der Waals surface area contributed by atoms with Crippen LogP contribution in [0.15, 0.2) is 22.7 Å². The monoisotopic (exact) mass is 340 g/mol. The first-order valence-corrected chi connectivity index (χ1v) is 8.70. The van der Waals surface area contributed by atoms with E-state index in [1.807, 2.05) is 0 Å². The number of rotatable bonds is 10. The van der Waals surface area contributed by atoms with Crippen molar-refractivity contribution in [2.75, 3.05) is 0 Å². The second kappa shape index (κ2) is 10.4. The third-order valence-electron chi connectivity index (χ3n) is 3.82. The summed E-state index contributed by atoms with van der Waals surface area (Å²) >= 11 is 3.63. The van der Waals surface area contributed by atoms with E-state index in [4.69, 9.17) is 5.84 Å². The van der Waals surface area contributed by atoms with Crippen LogP contribution in [0.4, 0.5) is 0 Å². The zero-order valence-electron chi connectivity index (χ0n) is 12.9. The molecule has 0 heterocycles. The number of hydrogen-bond acceptors (Lipinski definition) is 2. The van der Waals surface area contributed by atoms with E-state index < -0.39 is 0 Å². The number of hydrogen-bond donors (Lipinski definition) is 2. The standard InChI is InChI=1S/C17H29BrN2/c1-3-4-5-6-7-8-9-10-17(20-19)15-13-14(2)11-12-16(15)18/h11-13,17,20H,3-10,19H2,1-2H3. The van der Waals surface area contributed by atoms with Crippen LogP contribution < -0.4 is 11.3 Å². The van der Waals surface area contributed by atoms with E-state index in [0.717, 1.165) is 10.9 Å². The van der Waals surface area contributed by atoms with Crippen LogP contribution in [0.25, 0.3) is 0 Å². The Morgan fingerprint density at radius 1 is 1.10 bits per heavy atom. The van der Waals surface area contributed by atoms with Gasteiger partial charge in [0.25, 0.3) is 0 Å². The number of benzene rings is 1. The van der Waals surface area contributed by atoms with Gasteiger partial charge in [0.15, 0.2) is 0 Å². The van der Waals surface area contributed by atoms with Crippen LogP contribution in [-0.4, -0.2) is 0 Å². The smallest absolute Gasteiger partial charge is 0.0471 e. The van der Waals surface area contributed by atoms with Crippen LogP contribution >= 0.6 is 15.9 Å². The summed E-state index contributed by atoms with van der Waals surface area (Å²) in [6, 6.07) is 6.70. The Kier molecular flexibility index (Phi) is 9.16. The zero-order chi connectivity index (χ0) is 14.8. The Balaban J connectivity index is 2.34. The fourth-order valence-corrected chi connectivity index (χ4v) is 3.09. The van der Waals surface area contributed by atoms with Crippen LogP contribution in [0, 0.1) is 6.92 Å². The number of unbranched alkanes of at least 4 members (excludes halogenated alkanes) is 6. The first-order chi connectivity index (χ1) is 9.69. The average molecular weight is 341 g/mol. The summed E-state index contributed by atoms with van der Waals surface area (Å²) in [5, 5.41) is 0. The molecule has 1 unspecified atom stereocenters. The van der Waals surface area contributed by atoms with Crippen LogP contribution in [0.3, 0.4) is 0 Å². The van der Waals surface area contributed by atoms with E-state index in [9.17, 15) is 0 Å². The van der Waals surface area contributed by atoms with Gasteiger partial charge in [-0.2, -0.15) is 0 Å². The van der Waals surface area contributed by atoms with Crippen molar-refractivity contribution < 1.29 is 0 Å². The van der Waals surface area contributed by atoms with Crippen molar-refractivity contribution in [3.63, 3.8) is 0 Å². The van der Waals surface area contributed by atoms with E-state index in [0.29, 0.717) is 0 Å². The topological polar surface area (TPSA) is 38.0 Å². The molecular weight excluding hydrogens is 312 g/mol. The van der Waals surface area contributed by atoms with Gasteiger partial charge in [0.1, 0.15) is 0 Å². The van der Waals surface area contributed by atoms with E-state index in [1.165, 1.54) is 56.1 Å². The molecule has 0 amide bonds. The van der Waals surface area contributed by atoms with Crippen molar-refractivity contribution >= 4 is 15.9 Å². The number of hydrazine groups is 1. The van der Waals surface area contributed by atoms with Crippen LogP contribution in [0.1, 0.15) is 75.5 Å². The molecular formula is C17H29BrN2. The van der Waals surface area contributed by atoms with Gasteiger partial charge >= 0.3 is 0 Å². The van der Waals surface area contributed by atoms with Gasteiger partial charge in [-0.1, -0.05) is 85.5 Å². The highest BCUT2D eigenvalue weighted by atomic mass is 79.9. The molecule has 0 radical (unpaired) electrons. The largest absolute Gasteiger partial charge is 0.271 e. The molecule has 0 fully saturated rings. The third kappa shape index (κ3) is 6.38. The lowest BCUT2D eigenvalue weighted by Crippen LogP contribution is -2.28. The highest BCUT2D eigenvalue weighted by Crippen LogP contribution is 2.27. The van der Waals surface area contributed by atoms with Gasteiger partial charge in [0, 0.05) is 10.5 Å². The van der Waals surface area contributed by atoms with E-state index in [2.05, 4.69) is 53.4 Å². The molecule has 2 nitrogen and oxygen atoms in total. The maximum atomic E-state index is 5.73. The highest BCUT2D eigenvalue weighted by Gasteiger charge is 2.12. The molecule has 1 aromatic rings. The summed E-state index contributed by atoms with van der Waals surface area (Å²) in [6.07, 6.45) is 10.5. The Bertz CT molecular complexity index is 379. The summed E-state index contributed by atoms with van der Waals surface area (Å²) in [5.74, 6) is 5.73. The van der Waals surface area contributed by atoms with Gasteiger partial charge in [0.05, 0.1) is 0 Å². The SMILES string of the molecule is CCCCCCCCCC(NN)c1cc(C)ccc1Br. The first kappa shape index (κ1) is 17.7. The minimum atomic E-state index is 0.250. The predicted octanol–water partition coefficient (Wildman–Crippen LogP) is 5.40. The van der Waals surface area contributed by atoms with Gasteiger partial charge < -0.3 is 0 Å². The third-order valence-corrected chi connectivity index (χ3v) is 4.55. The molecule has 114 valence electrons. The average Bonchev–Trinajstić information content (AvgIpc) is 2.45. The van der Waals surface area contributed by atoms with Crippen molar-refractivity contribution in [3.8, 4) is 0 Å². The van der Waals surface area contributed by atoms with Crippen LogP contribution in [0.5, 0.6) is 0 Å². The summed E-state index contributed by atoms with van der Waals surface area (Å²) in [5.41, 5.74) is 5.52. The molecule has 0 saturated carbocycles. The second-order valence-electron chi connectivity index (χ2n) is 5.65. The van der Waals surface area contributed by atoms with Crippen molar-refractivity contribution in [1.29, 1.82) is 0 Å². The van der Waals surface area contributed by atoms with Crippen LogP contribution in [-0.2, 0) is 0 Å². The fourth-order valence-electron chi connectivity index (χ4n) is 2.56. The lowest BCUT2D eigenvalue weighted by Gasteiger charge is -2.18. The Morgan fingerprint density at radius 3 is 2.40 bits per heavy atom. The first-order valence-electron chi connectivity index (χ1n) is 7.91. The molecule has 0 spiro atoms. The molecule has 0 aromatic heterocycles. The summed E-state index contributed by atoms with van der Waals surface area (Å²) < 4.78 is 1.15. The molecule has 0 aliphatic carbocycles. The predicted molar refractivity (Wildman–Crippen MR) is 91.6 cm³/mol. The van der Waals surface area contributed by atoms with Crippen LogP contribution in [0.2, 0.25) is 0 Å². The molecule has 0 bridgehead atoms.